The Morgan fingerprint density at radius 1 is 1.47 bits per heavy atom. The molecule has 108 valence electrons. The van der Waals surface area contributed by atoms with Crippen molar-refractivity contribution in [2.75, 3.05) is 53.1 Å². The zero-order valence-corrected chi connectivity index (χ0v) is 11.8. The van der Waals surface area contributed by atoms with Crippen LogP contribution in [0, 0.1) is 11.3 Å². The number of carbonyl (C=O) groups excluding carboxylic acids is 1. The molecule has 6 heteroatoms. The quantitative estimate of drug-likeness (QED) is 0.655. The van der Waals surface area contributed by atoms with Gasteiger partial charge in [-0.15, -0.1) is 0 Å². The Balaban J connectivity index is 2.54. The van der Waals surface area contributed by atoms with Crippen molar-refractivity contribution in [3.05, 3.63) is 0 Å². The van der Waals surface area contributed by atoms with E-state index in [-0.39, 0.29) is 11.9 Å². The smallest absolute Gasteiger partial charge is 0.239 e. The molecule has 1 amide bonds. The zero-order chi connectivity index (χ0) is 14.1. The highest BCUT2D eigenvalue weighted by Gasteiger charge is 2.26. The first-order valence-corrected chi connectivity index (χ1v) is 6.67. The number of hydrogen-bond acceptors (Lipinski definition) is 5. The van der Waals surface area contributed by atoms with Crippen molar-refractivity contribution >= 4 is 5.91 Å². The van der Waals surface area contributed by atoms with Gasteiger partial charge in [-0.2, -0.15) is 5.26 Å². The molecule has 0 radical (unpaired) electrons. The topological polar surface area (TPSA) is 65.8 Å². The maximum atomic E-state index is 12.4. The van der Waals surface area contributed by atoms with Crippen molar-refractivity contribution in [1.29, 1.82) is 5.26 Å². The highest BCUT2D eigenvalue weighted by molar-refractivity contribution is 5.81. The monoisotopic (exact) mass is 269 g/mol. The Bertz CT molecular complexity index is 311. The number of ether oxygens (including phenoxy) is 2. The highest BCUT2D eigenvalue weighted by Crippen LogP contribution is 2.07. The number of nitrogens with zero attached hydrogens (tertiary/aromatic N) is 3. The minimum absolute atomic E-state index is 0.109. The third-order valence-electron chi connectivity index (χ3n) is 3.32. The van der Waals surface area contributed by atoms with E-state index < -0.39 is 0 Å². The van der Waals surface area contributed by atoms with Crippen LogP contribution in [0.15, 0.2) is 0 Å². The molecule has 1 aliphatic rings. The molecule has 1 heterocycles. The molecule has 1 atom stereocenters. The van der Waals surface area contributed by atoms with Gasteiger partial charge in [0, 0.05) is 39.7 Å². The summed E-state index contributed by atoms with van der Waals surface area (Å²) < 4.78 is 10.3. The standard InChI is InChI=1S/C13H23N3O3/c1-12(13(17)16-7-10-19-11-8-16)15(5-3-4-14)6-9-18-2/h12H,3,5-11H2,1-2H3. The van der Waals surface area contributed by atoms with Gasteiger partial charge in [0.15, 0.2) is 0 Å². The zero-order valence-electron chi connectivity index (χ0n) is 11.8. The summed E-state index contributed by atoms with van der Waals surface area (Å²) >= 11 is 0. The van der Waals surface area contributed by atoms with Gasteiger partial charge in [-0.3, -0.25) is 9.69 Å². The Morgan fingerprint density at radius 2 is 2.16 bits per heavy atom. The normalized spacial score (nSPS) is 17.3. The van der Waals surface area contributed by atoms with Gasteiger partial charge in [0.25, 0.3) is 0 Å². The summed E-state index contributed by atoms with van der Waals surface area (Å²) in [5.41, 5.74) is 0. The van der Waals surface area contributed by atoms with Crippen molar-refractivity contribution in [2.45, 2.75) is 19.4 Å². The Hall–Kier alpha value is -1.16. The van der Waals surface area contributed by atoms with Gasteiger partial charge in [0.05, 0.1) is 31.9 Å². The largest absolute Gasteiger partial charge is 0.383 e. The molecule has 1 fully saturated rings. The summed E-state index contributed by atoms with van der Waals surface area (Å²) in [4.78, 5) is 16.2. The fourth-order valence-electron chi connectivity index (χ4n) is 2.11. The maximum absolute atomic E-state index is 12.4. The second-order valence-corrected chi connectivity index (χ2v) is 4.55. The van der Waals surface area contributed by atoms with Gasteiger partial charge in [-0.25, -0.2) is 0 Å². The van der Waals surface area contributed by atoms with E-state index in [0.717, 1.165) is 0 Å². The van der Waals surface area contributed by atoms with E-state index in [2.05, 4.69) is 6.07 Å². The molecule has 0 aromatic carbocycles. The maximum Gasteiger partial charge on any atom is 0.239 e. The molecular weight excluding hydrogens is 246 g/mol. The molecule has 0 aromatic heterocycles. The minimum atomic E-state index is -0.221. The molecule has 1 saturated heterocycles. The molecule has 1 aliphatic heterocycles. The van der Waals surface area contributed by atoms with Crippen LogP contribution in [-0.2, 0) is 14.3 Å². The Labute approximate surface area is 114 Å². The van der Waals surface area contributed by atoms with E-state index in [9.17, 15) is 4.79 Å². The lowest BCUT2D eigenvalue weighted by atomic mass is 10.2. The first-order valence-electron chi connectivity index (χ1n) is 6.67. The van der Waals surface area contributed by atoms with Crippen molar-refractivity contribution in [3.63, 3.8) is 0 Å². The van der Waals surface area contributed by atoms with Crippen LogP contribution in [0.5, 0.6) is 0 Å². The van der Waals surface area contributed by atoms with Crippen LogP contribution in [0.1, 0.15) is 13.3 Å². The van der Waals surface area contributed by atoms with Crippen LogP contribution in [0.25, 0.3) is 0 Å². The van der Waals surface area contributed by atoms with Crippen LogP contribution in [0.4, 0.5) is 0 Å². The van der Waals surface area contributed by atoms with Gasteiger partial charge in [-0.1, -0.05) is 0 Å². The van der Waals surface area contributed by atoms with Gasteiger partial charge >= 0.3 is 0 Å². The van der Waals surface area contributed by atoms with Crippen LogP contribution < -0.4 is 0 Å². The third-order valence-corrected chi connectivity index (χ3v) is 3.32. The molecule has 0 saturated carbocycles. The number of carbonyl (C=O) groups is 1. The van der Waals surface area contributed by atoms with E-state index in [1.807, 2.05) is 16.7 Å². The van der Waals surface area contributed by atoms with Crippen molar-refractivity contribution in [1.82, 2.24) is 9.80 Å². The molecular formula is C13H23N3O3. The van der Waals surface area contributed by atoms with Gasteiger partial charge in [0.2, 0.25) is 5.91 Å². The van der Waals surface area contributed by atoms with E-state index in [0.29, 0.717) is 52.4 Å². The predicted octanol–water partition coefficient (Wildman–Crippen LogP) is 0.0958. The molecule has 1 unspecified atom stereocenters. The predicted molar refractivity (Wildman–Crippen MR) is 70.5 cm³/mol. The van der Waals surface area contributed by atoms with Gasteiger partial charge in [-0.05, 0) is 6.92 Å². The molecule has 6 nitrogen and oxygen atoms in total. The van der Waals surface area contributed by atoms with Crippen LogP contribution in [0.3, 0.4) is 0 Å². The van der Waals surface area contributed by atoms with Gasteiger partial charge in [0.1, 0.15) is 0 Å². The number of morpholine rings is 1. The fourth-order valence-corrected chi connectivity index (χ4v) is 2.11. The average Bonchev–Trinajstić information content (AvgIpc) is 2.47. The fraction of sp³-hybridized carbons (Fsp3) is 0.846. The van der Waals surface area contributed by atoms with Crippen molar-refractivity contribution in [3.8, 4) is 6.07 Å². The Kier molecular flexibility index (Phi) is 7.41. The van der Waals surface area contributed by atoms with Gasteiger partial charge < -0.3 is 14.4 Å². The summed E-state index contributed by atoms with van der Waals surface area (Å²) in [7, 11) is 1.64. The van der Waals surface area contributed by atoms with E-state index in [4.69, 9.17) is 14.7 Å². The molecule has 0 aromatic rings. The first kappa shape index (κ1) is 15.9. The lowest BCUT2D eigenvalue weighted by molar-refractivity contribution is -0.140. The summed E-state index contributed by atoms with van der Waals surface area (Å²) in [6, 6.07) is 1.90. The molecule has 0 aliphatic carbocycles. The van der Waals surface area contributed by atoms with Crippen molar-refractivity contribution in [2.24, 2.45) is 0 Å². The Morgan fingerprint density at radius 3 is 2.74 bits per heavy atom. The first-order chi connectivity index (χ1) is 9.20. The van der Waals surface area contributed by atoms with E-state index >= 15 is 0 Å². The molecule has 1 rings (SSSR count). The number of amides is 1. The average molecular weight is 269 g/mol. The number of nitriles is 1. The minimum Gasteiger partial charge on any atom is -0.383 e. The number of hydrogen-bond donors (Lipinski definition) is 0. The lowest BCUT2D eigenvalue weighted by Gasteiger charge is -2.34. The summed E-state index contributed by atoms with van der Waals surface area (Å²) in [5.74, 6) is 0.109. The molecule has 0 N–H and O–H groups in total. The van der Waals surface area contributed by atoms with E-state index in [1.165, 1.54) is 0 Å². The van der Waals surface area contributed by atoms with Crippen molar-refractivity contribution < 1.29 is 14.3 Å². The van der Waals surface area contributed by atoms with Crippen LogP contribution in [0.2, 0.25) is 0 Å². The highest BCUT2D eigenvalue weighted by atomic mass is 16.5. The molecule has 0 bridgehead atoms. The summed E-state index contributed by atoms with van der Waals surface area (Å²) in [6.45, 7) is 6.23. The lowest BCUT2D eigenvalue weighted by Crippen LogP contribution is -2.51. The molecule has 19 heavy (non-hydrogen) atoms. The number of methoxy groups -OCH3 is 1. The SMILES string of the molecule is COCCN(CCC#N)C(C)C(=O)N1CCOCC1. The van der Waals surface area contributed by atoms with E-state index in [1.54, 1.807) is 7.11 Å². The third kappa shape index (κ3) is 5.15. The van der Waals surface area contributed by atoms with Crippen LogP contribution >= 0.6 is 0 Å². The second-order valence-electron chi connectivity index (χ2n) is 4.55. The number of rotatable bonds is 7. The summed E-state index contributed by atoms with van der Waals surface area (Å²) in [6.07, 6.45) is 0.421. The summed E-state index contributed by atoms with van der Waals surface area (Å²) in [5, 5.41) is 8.69. The molecule has 0 spiro atoms. The second kappa shape index (κ2) is 8.86. The van der Waals surface area contributed by atoms with Crippen LogP contribution in [-0.4, -0.2) is 74.9 Å².